The zero-order valence-electron chi connectivity index (χ0n) is 15.6. The molecule has 0 atom stereocenters. The molecular formula is C18H37Cl2N3O2. The number of amides is 1. The number of hydrogen-bond acceptors (Lipinski definition) is 4. The van der Waals surface area contributed by atoms with Gasteiger partial charge in [0.1, 0.15) is 0 Å². The van der Waals surface area contributed by atoms with Gasteiger partial charge in [-0.25, -0.2) is 0 Å². The highest BCUT2D eigenvalue weighted by atomic mass is 35.5. The summed E-state index contributed by atoms with van der Waals surface area (Å²) in [5.41, 5.74) is 6.07. The molecule has 5 nitrogen and oxygen atoms in total. The van der Waals surface area contributed by atoms with Crippen LogP contribution in [0.2, 0.25) is 0 Å². The maximum atomic E-state index is 12.4. The first-order valence-corrected chi connectivity index (χ1v) is 9.38. The highest BCUT2D eigenvalue weighted by Crippen LogP contribution is 2.38. The van der Waals surface area contributed by atoms with E-state index in [0.29, 0.717) is 19.0 Å². The smallest absolute Gasteiger partial charge is 0.220 e. The Morgan fingerprint density at radius 2 is 1.84 bits per heavy atom. The van der Waals surface area contributed by atoms with Crippen LogP contribution in [-0.2, 0) is 9.53 Å². The molecule has 1 aliphatic carbocycles. The molecule has 1 amide bonds. The molecule has 0 aromatic heterocycles. The molecule has 3 N–H and O–H groups in total. The Bertz CT molecular complexity index is 358. The van der Waals surface area contributed by atoms with Crippen LogP contribution in [-0.4, -0.2) is 56.7 Å². The molecule has 1 saturated heterocycles. The van der Waals surface area contributed by atoms with E-state index in [2.05, 4.69) is 10.2 Å². The summed E-state index contributed by atoms with van der Waals surface area (Å²) in [6, 6.07) is 0.347. The molecule has 1 heterocycles. The van der Waals surface area contributed by atoms with Crippen molar-refractivity contribution in [3.05, 3.63) is 0 Å². The maximum absolute atomic E-state index is 12.4. The first-order valence-electron chi connectivity index (χ1n) is 9.38. The average Bonchev–Trinajstić information content (AvgIpc) is 2.57. The molecule has 0 spiro atoms. The lowest BCUT2D eigenvalue weighted by molar-refractivity contribution is -0.124. The Morgan fingerprint density at radius 3 is 2.40 bits per heavy atom. The molecule has 0 unspecified atom stereocenters. The number of ether oxygens (including phenoxy) is 1. The van der Waals surface area contributed by atoms with E-state index in [-0.39, 0.29) is 36.1 Å². The third-order valence-electron chi connectivity index (χ3n) is 5.66. The van der Waals surface area contributed by atoms with Crippen molar-refractivity contribution in [2.24, 2.45) is 11.1 Å². The fourth-order valence-electron chi connectivity index (χ4n) is 4.11. The zero-order chi connectivity index (χ0) is 16.5. The molecule has 150 valence electrons. The summed E-state index contributed by atoms with van der Waals surface area (Å²) in [5, 5.41) is 3.27. The maximum Gasteiger partial charge on any atom is 0.220 e. The van der Waals surface area contributed by atoms with Gasteiger partial charge in [-0.2, -0.15) is 0 Å². The van der Waals surface area contributed by atoms with Crippen molar-refractivity contribution in [2.45, 2.75) is 63.8 Å². The fourth-order valence-corrected chi connectivity index (χ4v) is 4.11. The van der Waals surface area contributed by atoms with Crippen molar-refractivity contribution in [3.63, 3.8) is 0 Å². The van der Waals surface area contributed by atoms with E-state index in [9.17, 15) is 4.79 Å². The van der Waals surface area contributed by atoms with Crippen LogP contribution in [0, 0.1) is 5.41 Å². The van der Waals surface area contributed by atoms with Crippen LogP contribution in [0.3, 0.4) is 0 Å². The van der Waals surface area contributed by atoms with E-state index >= 15 is 0 Å². The third-order valence-corrected chi connectivity index (χ3v) is 5.66. The van der Waals surface area contributed by atoms with Gasteiger partial charge in [0.15, 0.2) is 0 Å². The van der Waals surface area contributed by atoms with Crippen molar-refractivity contribution in [1.82, 2.24) is 10.2 Å². The summed E-state index contributed by atoms with van der Waals surface area (Å²) in [6.07, 6.45) is 9.83. The number of piperidine rings is 1. The summed E-state index contributed by atoms with van der Waals surface area (Å²) < 4.78 is 5.10. The van der Waals surface area contributed by atoms with E-state index in [1.165, 1.54) is 19.3 Å². The summed E-state index contributed by atoms with van der Waals surface area (Å²) in [7, 11) is 1.75. The minimum absolute atomic E-state index is 0. The number of rotatable bonds is 8. The van der Waals surface area contributed by atoms with Gasteiger partial charge in [-0.1, -0.05) is 19.3 Å². The van der Waals surface area contributed by atoms with Crippen molar-refractivity contribution < 1.29 is 9.53 Å². The van der Waals surface area contributed by atoms with Gasteiger partial charge >= 0.3 is 0 Å². The zero-order valence-corrected chi connectivity index (χ0v) is 17.3. The second kappa shape index (κ2) is 13.2. The SMILES string of the molecule is COCCCN1CCC(NC(=O)CC2(CN)CCCCC2)CC1.Cl.Cl. The Labute approximate surface area is 165 Å². The van der Waals surface area contributed by atoms with Gasteiger partial charge in [-0.15, -0.1) is 24.8 Å². The summed E-state index contributed by atoms with van der Waals surface area (Å²) in [6.45, 7) is 4.74. The van der Waals surface area contributed by atoms with Gasteiger partial charge in [-0.05, 0) is 44.1 Å². The number of nitrogens with zero attached hydrogens (tertiary/aromatic N) is 1. The van der Waals surface area contributed by atoms with Crippen molar-refractivity contribution in [2.75, 3.05) is 39.9 Å². The standard InChI is InChI=1S/C18H35N3O2.2ClH/c1-23-13-5-10-21-11-6-16(7-12-21)20-17(22)14-18(15-19)8-3-2-4-9-18;;/h16H,2-15,19H2,1H3,(H,20,22);2*1H. The largest absolute Gasteiger partial charge is 0.385 e. The van der Waals surface area contributed by atoms with Crippen LogP contribution in [0.15, 0.2) is 0 Å². The molecule has 1 saturated carbocycles. The molecule has 0 bridgehead atoms. The first kappa shape index (κ1) is 24.9. The number of nitrogens with one attached hydrogen (secondary N) is 1. The molecule has 0 aromatic carbocycles. The van der Waals surface area contributed by atoms with E-state index in [1.54, 1.807) is 7.11 Å². The van der Waals surface area contributed by atoms with Gasteiger partial charge in [0.25, 0.3) is 0 Å². The number of carbonyl (C=O) groups is 1. The van der Waals surface area contributed by atoms with E-state index in [0.717, 1.165) is 58.3 Å². The second-order valence-electron chi connectivity index (χ2n) is 7.47. The number of likely N-dealkylation sites (tertiary alicyclic amines) is 1. The number of hydrogen-bond donors (Lipinski definition) is 2. The van der Waals surface area contributed by atoms with Crippen LogP contribution in [0.4, 0.5) is 0 Å². The van der Waals surface area contributed by atoms with Crippen molar-refractivity contribution in [3.8, 4) is 0 Å². The fraction of sp³-hybridized carbons (Fsp3) is 0.944. The molecule has 2 rings (SSSR count). The van der Waals surface area contributed by atoms with Crippen LogP contribution >= 0.6 is 24.8 Å². The normalized spacial score (nSPS) is 21.0. The highest BCUT2D eigenvalue weighted by molar-refractivity contribution is 5.85. The molecule has 0 radical (unpaired) electrons. The molecule has 1 aliphatic heterocycles. The lowest BCUT2D eigenvalue weighted by Gasteiger charge is -2.37. The molecular weight excluding hydrogens is 361 g/mol. The van der Waals surface area contributed by atoms with Gasteiger partial charge in [-0.3, -0.25) is 4.79 Å². The number of halogens is 2. The Balaban J connectivity index is 0.00000288. The van der Waals surface area contributed by atoms with Crippen molar-refractivity contribution in [1.29, 1.82) is 0 Å². The highest BCUT2D eigenvalue weighted by Gasteiger charge is 2.33. The third kappa shape index (κ3) is 8.44. The summed E-state index contributed by atoms with van der Waals surface area (Å²) >= 11 is 0. The Kier molecular flexibility index (Phi) is 13.1. The summed E-state index contributed by atoms with van der Waals surface area (Å²) in [5.74, 6) is 0.218. The van der Waals surface area contributed by atoms with Gasteiger partial charge in [0.2, 0.25) is 5.91 Å². The lowest BCUT2D eigenvalue weighted by Crippen LogP contribution is -2.47. The summed E-state index contributed by atoms with van der Waals surface area (Å²) in [4.78, 5) is 14.9. The van der Waals surface area contributed by atoms with E-state index in [4.69, 9.17) is 10.5 Å². The van der Waals surface area contributed by atoms with Gasteiger partial charge in [0, 0.05) is 45.8 Å². The Hall–Kier alpha value is -0.0700. The van der Waals surface area contributed by atoms with Crippen LogP contribution in [0.5, 0.6) is 0 Å². The quantitative estimate of drug-likeness (QED) is 0.617. The second-order valence-corrected chi connectivity index (χ2v) is 7.47. The first-order chi connectivity index (χ1) is 11.2. The van der Waals surface area contributed by atoms with Gasteiger partial charge in [0.05, 0.1) is 0 Å². The molecule has 2 fully saturated rings. The number of nitrogens with two attached hydrogens (primary N) is 1. The van der Waals surface area contributed by atoms with E-state index < -0.39 is 0 Å². The molecule has 25 heavy (non-hydrogen) atoms. The molecule has 2 aliphatic rings. The minimum Gasteiger partial charge on any atom is -0.385 e. The topological polar surface area (TPSA) is 67.6 Å². The number of methoxy groups -OCH3 is 1. The van der Waals surface area contributed by atoms with Gasteiger partial charge < -0.3 is 20.7 Å². The molecule has 7 heteroatoms. The number of carbonyl (C=O) groups excluding carboxylic acids is 1. The van der Waals surface area contributed by atoms with Crippen molar-refractivity contribution >= 4 is 30.7 Å². The lowest BCUT2D eigenvalue weighted by atomic mass is 9.71. The van der Waals surface area contributed by atoms with Crippen LogP contribution in [0.1, 0.15) is 57.8 Å². The predicted molar refractivity (Wildman–Crippen MR) is 108 cm³/mol. The van der Waals surface area contributed by atoms with Crippen LogP contribution in [0.25, 0.3) is 0 Å². The van der Waals surface area contributed by atoms with Crippen LogP contribution < -0.4 is 11.1 Å². The molecule has 0 aromatic rings. The predicted octanol–water partition coefficient (Wildman–Crippen LogP) is 2.75. The Morgan fingerprint density at radius 1 is 1.20 bits per heavy atom. The average molecular weight is 398 g/mol. The monoisotopic (exact) mass is 397 g/mol. The van der Waals surface area contributed by atoms with E-state index in [1.807, 2.05) is 0 Å². The minimum atomic E-state index is 0.